The van der Waals surface area contributed by atoms with E-state index in [2.05, 4.69) is 40.1 Å². The Morgan fingerprint density at radius 3 is 2.47 bits per heavy atom. The van der Waals surface area contributed by atoms with E-state index in [1.165, 1.54) is 6.21 Å². The summed E-state index contributed by atoms with van der Waals surface area (Å²) in [6.07, 6.45) is 1.16. The maximum absolute atomic E-state index is 12.2. The second kappa shape index (κ2) is 12.5. The highest BCUT2D eigenvalue weighted by molar-refractivity contribution is 6.03. The van der Waals surface area contributed by atoms with Crippen molar-refractivity contribution in [3.8, 4) is 11.5 Å². The molecule has 0 aliphatic carbocycles. The molecule has 2 amide bonds. The number of benzene rings is 4. The molecule has 194 valence electrons. The Labute approximate surface area is 222 Å². The van der Waals surface area contributed by atoms with E-state index < -0.39 is 11.8 Å². The average molecular weight is 510 g/mol. The van der Waals surface area contributed by atoms with Gasteiger partial charge < -0.3 is 14.8 Å². The molecule has 0 radical (unpaired) electrons. The Hall–Kier alpha value is -4.65. The summed E-state index contributed by atoms with van der Waals surface area (Å²) in [5.41, 5.74) is 7.04. The van der Waals surface area contributed by atoms with Gasteiger partial charge >= 0.3 is 0 Å². The molecule has 7 heteroatoms. The molecule has 0 heterocycles. The molecule has 0 atom stereocenters. The highest BCUT2D eigenvalue weighted by Crippen LogP contribution is 2.30. The summed E-state index contributed by atoms with van der Waals surface area (Å²) in [7, 11) is 0. The number of aryl methyl sites for hydroxylation is 2. The molecule has 0 aromatic heterocycles. The smallest absolute Gasteiger partial charge is 0.249 e. The third kappa shape index (κ3) is 6.97. The van der Waals surface area contributed by atoms with Crippen molar-refractivity contribution in [1.82, 2.24) is 5.43 Å². The molecule has 4 aromatic carbocycles. The van der Waals surface area contributed by atoms with E-state index in [0.717, 1.165) is 27.5 Å². The van der Waals surface area contributed by atoms with Crippen LogP contribution in [0.25, 0.3) is 10.8 Å². The first kappa shape index (κ1) is 26.4. The number of carbonyl (C=O) groups is 2. The second-order valence-electron chi connectivity index (χ2n) is 8.88. The molecular formula is C31H31N3O4. The largest absolute Gasteiger partial charge is 0.490 e. The zero-order chi connectivity index (χ0) is 26.9. The number of nitrogens with zero attached hydrogens (tertiary/aromatic N) is 1. The Morgan fingerprint density at radius 2 is 1.66 bits per heavy atom. The number of carbonyl (C=O) groups excluding carboxylic acids is 2. The predicted molar refractivity (Wildman–Crippen MR) is 151 cm³/mol. The number of ether oxygens (including phenoxy) is 2. The van der Waals surface area contributed by atoms with Crippen molar-refractivity contribution in [3.63, 3.8) is 0 Å². The molecular weight excluding hydrogens is 478 g/mol. The van der Waals surface area contributed by atoms with Gasteiger partial charge in [0.15, 0.2) is 11.5 Å². The molecule has 0 saturated carbocycles. The highest BCUT2D eigenvalue weighted by Gasteiger charge is 2.11. The van der Waals surface area contributed by atoms with E-state index in [1.807, 2.05) is 69.3 Å². The second-order valence-corrected chi connectivity index (χ2v) is 8.88. The van der Waals surface area contributed by atoms with Gasteiger partial charge in [0.25, 0.3) is 0 Å². The van der Waals surface area contributed by atoms with Crippen LogP contribution in [0.3, 0.4) is 0 Å². The zero-order valence-electron chi connectivity index (χ0n) is 21.8. The molecule has 0 aliphatic rings. The van der Waals surface area contributed by atoms with Gasteiger partial charge in [0.2, 0.25) is 11.8 Å². The summed E-state index contributed by atoms with van der Waals surface area (Å²) < 4.78 is 11.9. The fraction of sp³-hybridized carbons (Fsp3) is 0.194. The lowest BCUT2D eigenvalue weighted by Gasteiger charge is -2.13. The fourth-order valence-electron chi connectivity index (χ4n) is 3.95. The summed E-state index contributed by atoms with van der Waals surface area (Å²) in [5.74, 6) is 0.273. The number of fused-ring (bicyclic) bond motifs is 1. The molecule has 0 fully saturated rings. The third-order valence-electron chi connectivity index (χ3n) is 6.05. The maximum atomic E-state index is 12.2. The van der Waals surface area contributed by atoms with Crippen LogP contribution in [-0.2, 0) is 16.2 Å². The van der Waals surface area contributed by atoms with Crippen LogP contribution in [0.5, 0.6) is 11.5 Å². The van der Waals surface area contributed by atoms with Crippen molar-refractivity contribution >= 4 is 34.5 Å². The van der Waals surface area contributed by atoms with Crippen LogP contribution in [0.1, 0.15) is 35.6 Å². The topological polar surface area (TPSA) is 89.0 Å². The van der Waals surface area contributed by atoms with Crippen LogP contribution in [0.4, 0.5) is 5.69 Å². The number of amides is 2. The molecule has 2 N–H and O–H groups in total. The Kier molecular flexibility index (Phi) is 8.72. The molecule has 0 saturated heterocycles. The van der Waals surface area contributed by atoms with Crippen LogP contribution in [0.2, 0.25) is 0 Å². The zero-order valence-corrected chi connectivity index (χ0v) is 21.8. The first-order valence-corrected chi connectivity index (χ1v) is 12.5. The summed E-state index contributed by atoms with van der Waals surface area (Å²) in [6, 6.07) is 25.4. The summed E-state index contributed by atoms with van der Waals surface area (Å²) in [5, 5.41) is 9.02. The highest BCUT2D eigenvalue weighted by atomic mass is 16.5. The minimum atomic E-state index is -0.511. The molecule has 0 spiro atoms. The average Bonchev–Trinajstić information content (AvgIpc) is 2.90. The van der Waals surface area contributed by atoms with Gasteiger partial charge in [-0.15, -0.1) is 0 Å². The van der Waals surface area contributed by atoms with Gasteiger partial charge in [-0.1, -0.05) is 48.5 Å². The van der Waals surface area contributed by atoms with Crippen LogP contribution in [-0.4, -0.2) is 24.6 Å². The standard InChI is InChI=1S/C31H31N3O4/c1-4-37-29-17-23(13-15-28(29)38-20-25-10-7-9-24-8-5-6-11-27(24)25)19-32-34-31(36)18-30(35)33-26-14-12-21(2)22(3)16-26/h5-17,19H,4,18,20H2,1-3H3,(H,33,35)(H,34,36). The maximum Gasteiger partial charge on any atom is 0.249 e. The van der Waals surface area contributed by atoms with Crippen LogP contribution in [0, 0.1) is 13.8 Å². The summed E-state index contributed by atoms with van der Waals surface area (Å²) in [4.78, 5) is 24.3. The Balaban J connectivity index is 1.34. The van der Waals surface area contributed by atoms with Crippen molar-refractivity contribution in [2.24, 2.45) is 5.10 Å². The molecule has 4 rings (SSSR count). The number of nitrogens with one attached hydrogen (secondary N) is 2. The van der Waals surface area contributed by atoms with Crippen LogP contribution >= 0.6 is 0 Å². The van der Waals surface area contributed by atoms with Gasteiger partial charge in [0.1, 0.15) is 13.0 Å². The lowest BCUT2D eigenvalue weighted by molar-refractivity contribution is -0.126. The van der Waals surface area contributed by atoms with Gasteiger partial charge in [-0.2, -0.15) is 5.10 Å². The van der Waals surface area contributed by atoms with Gasteiger partial charge in [-0.25, -0.2) is 5.43 Å². The minimum absolute atomic E-state index is 0.338. The lowest BCUT2D eigenvalue weighted by atomic mass is 10.1. The van der Waals surface area contributed by atoms with Gasteiger partial charge in [-0.3, -0.25) is 9.59 Å². The molecule has 4 aromatic rings. The van der Waals surface area contributed by atoms with Gasteiger partial charge in [0, 0.05) is 5.69 Å². The fourth-order valence-corrected chi connectivity index (χ4v) is 3.95. The van der Waals surface area contributed by atoms with Crippen molar-refractivity contribution < 1.29 is 19.1 Å². The normalized spacial score (nSPS) is 10.9. The molecule has 0 bridgehead atoms. The number of anilines is 1. The van der Waals surface area contributed by atoms with Crippen LogP contribution < -0.4 is 20.2 Å². The van der Waals surface area contributed by atoms with E-state index in [9.17, 15) is 9.59 Å². The molecule has 0 aliphatic heterocycles. The molecule has 38 heavy (non-hydrogen) atoms. The van der Waals surface area contributed by atoms with Crippen molar-refractivity contribution in [2.75, 3.05) is 11.9 Å². The quantitative estimate of drug-likeness (QED) is 0.158. The van der Waals surface area contributed by atoms with E-state index in [4.69, 9.17) is 9.47 Å². The van der Waals surface area contributed by atoms with Crippen molar-refractivity contribution in [1.29, 1.82) is 0 Å². The summed E-state index contributed by atoms with van der Waals surface area (Å²) in [6.45, 7) is 6.73. The minimum Gasteiger partial charge on any atom is -0.490 e. The molecule has 7 nitrogen and oxygen atoms in total. The third-order valence-corrected chi connectivity index (χ3v) is 6.05. The van der Waals surface area contributed by atoms with Crippen LogP contribution in [0.15, 0.2) is 84.0 Å². The Morgan fingerprint density at radius 1 is 0.842 bits per heavy atom. The van der Waals surface area contributed by atoms with Crippen molar-refractivity contribution in [3.05, 3.63) is 101 Å². The summed E-state index contributed by atoms with van der Waals surface area (Å²) >= 11 is 0. The van der Waals surface area contributed by atoms with E-state index in [-0.39, 0.29) is 6.42 Å². The van der Waals surface area contributed by atoms with E-state index in [0.29, 0.717) is 36.0 Å². The molecule has 0 unspecified atom stereocenters. The number of hydrazone groups is 1. The SMILES string of the molecule is CCOc1cc(C=NNC(=O)CC(=O)Nc2ccc(C)c(C)c2)ccc1OCc1cccc2ccccc12. The lowest BCUT2D eigenvalue weighted by Crippen LogP contribution is -2.24. The predicted octanol–water partition coefficient (Wildman–Crippen LogP) is 5.91. The van der Waals surface area contributed by atoms with E-state index in [1.54, 1.807) is 6.07 Å². The first-order chi connectivity index (χ1) is 18.4. The number of hydrogen-bond acceptors (Lipinski definition) is 5. The number of rotatable bonds is 10. The van der Waals surface area contributed by atoms with Gasteiger partial charge in [-0.05, 0) is 84.1 Å². The number of hydrogen-bond donors (Lipinski definition) is 2. The van der Waals surface area contributed by atoms with E-state index >= 15 is 0 Å². The first-order valence-electron chi connectivity index (χ1n) is 12.5. The monoisotopic (exact) mass is 509 g/mol. The van der Waals surface area contributed by atoms with Crippen molar-refractivity contribution in [2.45, 2.75) is 33.8 Å². The van der Waals surface area contributed by atoms with Gasteiger partial charge in [0.05, 0.1) is 12.8 Å². The Bertz CT molecular complexity index is 1470.